The summed E-state index contributed by atoms with van der Waals surface area (Å²) in [6.45, 7) is 6.94. The number of rotatable bonds is 1. The summed E-state index contributed by atoms with van der Waals surface area (Å²) in [5.41, 5.74) is 1.57. The Labute approximate surface area is 99.9 Å². The lowest BCUT2D eigenvalue weighted by molar-refractivity contribution is 0.418. The predicted molar refractivity (Wildman–Crippen MR) is 70.2 cm³/mol. The second kappa shape index (κ2) is 3.45. The van der Waals surface area contributed by atoms with Crippen molar-refractivity contribution in [3.8, 4) is 0 Å². The third-order valence-corrected chi connectivity index (χ3v) is 4.33. The third-order valence-electron chi connectivity index (χ3n) is 3.23. The lowest BCUT2D eigenvalue weighted by Crippen LogP contribution is -2.22. The SMILES string of the molecule is CC1(C)CCN(c2nc3ccccc3s2)C1. The fraction of sp³-hybridized carbons (Fsp3) is 0.462. The average molecular weight is 232 g/mol. The van der Waals surface area contributed by atoms with E-state index in [2.05, 4.69) is 43.0 Å². The van der Waals surface area contributed by atoms with Gasteiger partial charge in [0.15, 0.2) is 5.13 Å². The highest BCUT2D eigenvalue weighted by Crippen LogP contribution is 2.36. The van der Waals surface area contributed by atoms with Crippen molar-refractivity contribution in [3.63, 3.8) is 0 Å². The van der Waals surface area contributed by atoms with Crippen LogP contribution in [0.15, 0.2) is 24.3 Å². The van der Waals surface area contributed by atoms with Crippen molar-refractivity contribution in [2.45, 2.75) is 20.3 Å². The van der Waals surface area contributed by atoms with Gasteiger partial charge in [0.2, 0.25) is 0 Å². The highest BCUT2D eigenvalue weighted by Gasteiger charge is 2.30. The van der Waals surface area contributed by atoms with Crippen molar-refractivity contribution in [3.05, 3.63) is 24.3 Å². The zero-order valence-electron chi connectivity index (χ0n) is 9.73. The average Bonchev–Trinajstić information content (AvgIpc) is 2.80. The summed E-state index contributed by atoms with van der Waals surface area (Å²) in [5, 5.41) is 1.19. The molecule has 2 aromatic rings. The summed E-state index contributed by atoms with van der Waals surface area (Å²) < 4.78 is 1.29. The van der Waals surface area contributed by atoms with Gasteiger partial charge in [-0.2, -0.15) is 0 Å². The molecule has 1 aliphatic rings. The lowest BCUT2D eigenvalue weighted by atomic mass is 9.93. The molecule has 84 valence electrons. The molecule has 1 aliphatic heterocycles. The van der Waals surface area contributed by atoms with E-state index in [1.54, 1.807) is 0 Å². The number of benzene rings is 1. The molecular formula is C13H16N2S. The van der Waals surface area contributed by atoms with Gasteiger partial charge in [-0.25, -0.2) is 4.98 Å². The molecule has 3 heteroatoms. The highest BCUT2D eigenvalue weighted by molar-refractivity contribution is 7.22. The van der Waals surface area contributed by atoms with E-state index in [1.165, 1.54) is 16.3 Å². The van der Waals surface area contributed by atoms with Crippen LogP contribution in [0, 0.1) is 5.41 Å². The van der Waals surface area contributed by atoms with Crippen LogP contribution in [-0.4, -0.2) is 18.1 Å². The first kappa shape index (κ1) is 10.1. The molecule has 0 bridgehead atoms. The zero-order valence-corrected chi connectivity index (χ0v) is 10.5. The first-order chi connectivity index (χ1) is 7.64. The fourth-order valence-electron chi connectivity index (χ4n) is 2.27. The van der Waals surface area contributed by atoms with Crippen LogP contribution in [-0.2, 0) is 0 Å². The summed E-state index contributed by atoms with van der Waals surface area (Å²) >= 11 is 1.81. The van der Waals surface area contributed by atoms with Crippen LogP contribution in [0.2, 0.25) is 0 Å². The van der Waals surface area contributed by atoms with Gasteiger partial charge in [-0.1, -0.05) is 37.3 Å². The zero-order chi connectivity index (χ0) is 11.2. The molecule has 0 amide bonds. The summed E-state index contributed by atoms with van der Waals surface area (Å²) in [6, 6.07) is 8.38. The van der Waals surface area contributed by atoms with Crippen LogP contribution in [0.3, 0.4) is 0 Å². The van der Waals surface area contributed by atoms with Crippen molar-refractivity contribution in [1.29, 1.82) is 0 Å². The molecule has 1 aromatic carbocycles. The van der Waals surface area contributed by atoms with Crippen molar-refractivity contribution >= 4 is 26.7 Å². The molecule has 0 unspecified atom stereocenters. The molecule has 0 atom stereocenters. The van der Waals surface area contributed by atoms with E-state index >= 15 is 0 Å². The largest absolute Gasteiger partial charge is 0.348 e. The molecule has 0 radical (unpaired) electrons. The Morgan fingerprint density at radius 2 is 2.12 bits per heavy atom. The highest BCUT2D eigenvalue weighted by atomic mass is 32.1. The number of nitrogens with zero attached hydrogens (tertiary/aromatic N) is 2. The molecule has 0 saturated carbocycles. The van der Waals surface area contributed by atoms with Gasteiger partial charge < -0.3 is 4.90 Å². The summed E-state index contributed by atoms with van der Waals surface area (Å²) in [4.78, 5) is 7.13. The van der Waals surface area contributed by atoms with Gasteiger partial charge in [-0.15, -0.1) is 0 Å². The molecule has 2 nitrogen and oxygen atoms in total. The normalized spacial score (nSPS) is 19.5. The molecule has 0 spiro atoms. The van der Waals surface area contributed by atoms with Crippen LogP contribution < -0.4 is 4.90 Å². The van der Waals surface area contributed by atoms with Crippen LogP contribution in [0.4, 0.5) is 5.13 Å². The first-order valence-corrected chi connectivity index (χ1v) is 6.56. The van der Waals surface area contributed by atoms with Crippen LogP contribution in [0.5, 0.6) is 0 Å². The summed E-state index contributed by atoms with van der Waals surface area (Å²) in [6.07, 6.45) is 1.27. The van der Waals surface area contributed by atoms with Crippen molar-refractivity contribution in [2.24, 2.45) is 5.41 Å². The molecule has 16 heavy (non-hydrogen) atoms. The Morgan fingerprint density at radius 3 is 2.81 bits per heavy atom. The minimum absolute atomic E-state index is 0.442. The Balaban J connectivity index is 1.95. The Morgan fingerprint density at radius 1 is 1.31 bits per heavy atom. The second-order valence-corrected chi connectivity index (χ2v) is 6.31. The minimum atomic E-state index is 0.442. The van der Waals surface area contributed by atoms with Gasteiger partial charge in [-0.3, -0.25) is 0 Å². The van der Waals surface area contributed by atoms with E-state index in [0.29, 0.717) is 5.41 Å². The standard InChI is InChI=1S/C13H16N2S/c1-13(2)7-8-15(9-13)12-14-10-5-3-4-6-11(10)16-12/h3-6H,7-9H2,1-2H3. The molecular weight excluding hydrogens is 216 g/mol. The summed E-state index contributed by atoms with van der Waals surface area (Å²) in [5.74, 6) is 0. The molecule has 1 fully saturated rings. The molecule has 0 aliphatic carbocycles. The van der Waals surface area contributed by atoms with Gasteiger partial charge in [-0.05, 0) is 24.0 Å². The maximum absolute atomic E-state index is 4.70. The molecule has 1 aromatic heterocycles. The maximum atomic E-state index is 4.70. The van der Waals surface area contributed by atoms with Gasteiger partial charge in [0, 0.05) is 13.1 Å². The van der Waals surface area contributed by atoms with Crippen molar-refractivity contribution in [1.82, 2.24) is 4.98 Å². The van der Waals surface area contributed by atoms with E-state index < -0.39 is 0 Å². The van der Waals surface area contributed by atoms with Gasteiger partial charge in [0.25, 0.3) is 0 Å². The van der Waals surface area contributed by atoms with E-state index in [9.17, 15) is 0 Å². The van der Waals surface area contributed by atoms with Gasteiger partial charge in [0.1, 0.15) is 0 Å². The smallest absolute Gasteiger partial charge is 0.186 e. The predicted octanol–water partition coefficient (Wildman–Crippen LogP) is 3.53. The van der Waals surface area contributed by atoms with Gasteiger partial charge >= 0.3 is 0 Å². The minimum Gasteiger partial charge on any atom is -0.348 e. The fourth-order valence-corrected chi connectivity index (χ4v) is 3.26. The number of para-hydroxylation sites is 1. The van der Waals surface area contributed by atoms with E-state index in [-0.39, 0.29) is 0 Å². The molecule has 0 N–H and O–H groups in total. The summed E-state index contributed by atoms with van der Waals surface area (Å²) in [7, 11) is 0. The van der Waals surface area contributed by atoms with E-state index in [0.717, 1.165) is 18.6 Å². The van der Waals surface area contributed by atoms with E-state index in [4.69, 9.17) is 4.98 Å². The molecule has 3 rings (SSSR count). The Kier molecular flexibility index (Phi) is 2.18. The lowest BCUT2D eigenvalue weighted by Gasteiger charge is -2.18. The third kappa shape index (κ3) is 1.69. The van der Waals surface area contributed by atoms with Crippen LogP contribution in [0.1, 0.15) is 20.3 Å². The van der Waals surface area contributed by atoms with Crippen molar-refractivity contribution in [2.75, 3.05) is 18.0 Å². The van der Waals surface area contributed by atoms with Gasteiger partial charge in [0.05, 0.1) is 10.2 Å². The topological polar surface area (TPSA) is 16.1 Å². The molecule has 2 heterocycles. The number of thiazole rings is 1. The maximum Gasteiger partial charge on any atom is 0.186 e. The quantitative estimate of drug-likeness (QED) is 0.747. The number of hydrogen-bond donors (Lipinski definition) is 0. The number of fused-ring (bicyclic) bond motifs is 1. The first-order valence-electron chi connectivity index (χ1n) is 5.75. The Hall–Kier alpha value is -1.09. The molecule has 1 saturated heterocycles. The van der Waals surface area contributed by atoms with Crippen molar-refractivity contribution < 1.29 is 0 Å². The van der Waals surface area contributed by atoms with E-state index in [1.807, 2.05) is 11.3 Å². The number of hydrogen-bond acceptors (Lipinski definition) is 3. The monoisotopic (exact) mass is 232 g/mol. The Bertz CT molecular complexity index is 482. The van der Waals surface area contributed by atoms with Crippen LogP contribution >= 0.6 is 11.3 Å². The second-order valence-electron chi connectivity index (χ2n) is 5.30. The number of anilines is 1. The van der Waals surface area contributed by atoms with Crippen LogP contribution in [0.25, 0.3) is 10.2 Å². The number of aromatic nitrogens is 1.